The van der Waals surface area contributed by atoms with E-state index in [4.69, 9.17) is 5.73 Å². The topological polar surface area (TPSA) is 63.4 Å². The van der Waals surface area contributed by atoms with Crippen LogP contribution in [0.3, 0.4) is 0 Å². The molecule has 1 aromatic rings. The van der Waals surface area contributed by atoms with Crippen molar-refractivity contribution in [2.75, 3.05) is 19.3 Å². The van der Waals surface area contributed by atoms with Crippen LogP contribution in [0.4, 0.5) is 10.1 Å². The van der Waals surface area contributed by atoms with Crippen molar-refractivity contribution in [3.63, 3.8) is 0 Å². The molecule has 2 rings (SSSR count). The molecule has 20 heavy (non-hydrogen) atoms. The Bertz CT molecular complexity index is 569. The predicted octanol–water partition coefficient (Wildman–Crippen LogP) is 2.61. The number of anilines is 1. The van der Waals surface area contributed by atoms with Gasteiger partial charge in [-0.1, -0.05) is 19.3 Å². The van der Waals surface area contributed by atoms with Crippen LogP contribution >= 0.6 is 0 Å². The molecular formula is C14H21FN2O2S. The van der Waals surface area contributed by atoms with Crippen molar-refractivity contribution in [1.29, 1.82) is 0 Å². The van der Waals surface area contributed by atoms with E-state index in [-0.39, 0.29) is 10.6 Å². The van der Waals surface area contributed by atoms with Gasteiger partial charge in [-0.2, -0.15) is 0 Å². The number of nitrogens with zero attached hydrogens (tertiary/aromatic N) is 1. The number of rotatable bonds is 4. The summed E-state index contributed by atoms with van der Waals surface area (Å²) in [5.74, 6) is -0.416. The van der Waals surface area contributed by atoms with E-state index in [1.54, 1.807) is 0 Å². The van der Waals surface area contributed by atoms with Crippen LogP contribution in [0, 0.1) is 11.7 Å². The molecule has 0 aromatic heterocycles. The molecule has 1 aliphatic rings. The molecule has 4 nitrogen and oxygen atoms in total. The van der Waals surface area contributed by atoms with Gasteiger partial charge in [-0.05, 0) is 37.0 Å². The van der Waals surface area contributed by atoms with Crippen molar-refractivity contribution in [3.8, 4) is 0 Å². The Labute approximate surface area is 119 Å². The average molecular weight is 300 g/mol. The van der Waals surface area contributed by atoms with Gasteiger partial charge in [0, 0.05) is 19.3 Å². The van der Waals surface area contributed by atoms with Gasteiger partial charge in [0.15, 0.2) is 0 Å². The minimum Gasteiger partial charge on any atom is -0.399 e. The molecule has 0 unspecified atom stereocenters. The zero-order valence-electron chi connectivity index (χ0n) is 11.7. The van der Waals surface area contributed by atoms with Crippen LogP contribution in [-0.4, -0.2) is 26.3 Å². The van der Waals surface area contributed by atoms with Crippen molar-refractivity contribution in [3.05, 3.63) is 24.0 Å². The molecule has 1 aliphatic carbocycles. The van der Waals surface area contributed by atoms with Crippen LogP contribution in [-0.2, 0) is 10.0 Å². The molecule has 0 bridgehead atoms. The Morgan fingerprint density at radius 1 is 1.30 bits per heavy atom. The number of halogens is 1. The highest BCUT2D eigenvalue weighted by Gasteiger charge is 2.27. The van der Waals surface area contributed by atoms with Gasteiger partial charge in [0.2, 0.25) is 10.0 Å². The van der Waals surface area contributed by atoms with Gasteiger partial charge < -0.3 is 5.73 Å². The summed E-state index contributed by atoms with van der Waals surface area (Å²) in [5, 5.41) is 0. The molecule has 0 spiro atoms. The average Bonchev–Trinajstić information content (AvgIpc) is 2.39. The van der Waals surface area contributed by atoms with Gasteiger partial charge in [-0.25, -0.2) is 17.1 Å². The van der Waals surface area contributed by atoms with Crippen LogP contribution in [0.25, 0.3) is 0 Å². The van der Waals surface area contributed by atoms with E-state index >= 15 is 0 Å². The summed E-state index contributed by atoms with van der Waals surface area (Å²) < 4.78 is 39.8. The fourth-order valence-corrected chi connectivity index (χ4v) is 4.01. The first-order valence-electron chi connectivity index (χ1n) is 6.92. The quantitative estimate of drug-likeness (QED) is 0.869. The standard InChI is InChI=1S/C14H21FN2O2S/c1-17(10-11-5-3-2-4-6-11)20(18,19)14-8-7-12(16)9-13(14)15/h7-9,11H,2-6,10,16H2,1H3. The highest BCUT2D eigenvalue weighted by atomic mass is 32.2. The first-order valence-corrected chi connectivity index (χ1v) is 8.36. The zero-order valence-corrected chi connectivity index (χ0v) is 12.5. The van der Waals surface area contributed by atoms with E-state index in [1.165, 1.54) is 29.9 Å². The highest BCUT2D eigenvalue weighted by Crippen LogP contribution is 2.27. The fourth-order valence-electron chi connectivity index (χ4n) is 2.73. The summed E-state index contributed by atoms with van der Waals surface area (Å²) in [5.41, 5.74) is 5.67. The summed E-state index contributed by atoms with van der Waals surface area (Å²) in [7, 11) is -2.27. The summed E-state index contributed by atoms with van der Waals surface area (Å²) in [6.07, 6.45) is 5.61. The van der Waals surface area contributed by atoms with Gasteiger partial charge >= 0.3 is 0 Å². The Hall–Kier alpha value is -1.14. The lowest BCUT2D eigenvalue weighted by atomic mass is 9.89. The Balaban J connectivity index is 2.16. The Kier molecular flexibility index (Phi) is 4.65. The Morgan fingerprint density at radius 3 is 2.55 bits per heavy atom. The Morgan fingerprint density at radius 2 is 1.95 bits per heavy atom. The van der Waals surface area contributed by atoms with Gasteiger partial charge in [0.25, 0.3) is 0 Å². The number of sulfonamides is 1. The lowest BCUT2D eigenvalue weighted by molar-refractivity contribution is 0.299. The molecule has 0 heterocycles. The molecule has 0 atom stereocenters. The van der Waals surface area contributed by atoms with Gasteiger partial charge in [-0.15, -0.1) is 0 Å². The first kappa shape index (κ1) is 15.3. The highest BCUT2D eigenvalue weighted by molar-refractivity contribution is 7.89. The third kappa shape index (κ3) is 3.30. The van der Waals surface area contributed by atoms with Crippen molar-refractivity contribution >= 4 is 15.7 Å². The molecule has 6 heteroatoms. The number of nitrogen functional groups attached to an aromatic ring is 1. The lowest BCUT2D eigenvalue weighted by Crippen LogP contribution is -2.33. The number of hydrogen-bond donors (Lipinski definition) is 1. The molecule has 0 aliphatic heterocycles. The maximum atomic E-state index is 13.8. The normalized spacial score (nSPS) is 17.6. The summed E-state index contributed by atoms with van der Waals surface area (Å²) >= 11 is 0. The second kappa shape index (κ2) is 6.10. The predicted molar refractivity (Wildman–Crippen MR) is 77.2 cm³/mol. The van der Waals surface area contributed by atoms with Crippen LogP contribution in [0.5, 0.6) is 0 Å². The van der Waals surface area contributed by atoms with Crippen LogP contribution < -0.4 is 5.73 Å². The summed E-state index contributed by atoms with van der Waals surface area (Å²) in [4.78, 5) is -0.301. The molecule has 2 N–H and O–H groups in total. The summed E-state index contributed by atoms with van der Waals surface area (Å²) in [6, 6.07) is 3.68. The van der Waals surface area contributed by atoms with Gasteiger partial charge in [-0.3, -0.25) is 0 Å². The first-order chi connectivity index (χ1) is 9.41. The van der Waals surface area contributed by atoms with Crippen molar-refractivity contribution in [1.82, 2.24) is 4.31 Å². The molecule has 0 amide bonds. The van der Waals surface area contributed by atoms with Gasteiger partial charge in [0.05, 0.1) is 0 Å². The molecule has 1 fully saturated rings. The maximum absolute atomic E-state index is 13.8. The van der Waals surface area contributed by atoms with Gasteiger partial charge in [0.1, 0.15) is 10.7 Å². The third-order valence-corrected chi connectivity index (χ3v) is 5.74. The molecule has 1 saturated carbocycles. The molecule has 0 radical (unpaired) electrons. The minimum atomic E-state index is -3.78. The van der Waals surface area contributed by atoms with Crippen LogP contribution in [0.15, 0.2) is 23.1 Å². The number of hydrogen-bond acceptors (Lipinski definition) is 3. The second-order valence-corrected chi connectivity index (χ2v) is 7.49. The fraction of sp³-hybridized carbons (Fsp3) is 0.571. The van der Waals surface area contributed by atoms with E-state index in [0.717, 1.165) is 31.7 Å². The monoisotopic (exact) mass is 300 g/mol. The van der Waals surface area contributed by atoms with E-state index < -0.39 is 15.8 Å². The third-order valence-electron chi connectivity index (χ3n) is 3.88. The summed E-state index contributed by atoms with van der Waals surface area (Å²) in [6.45, 7) is 0.451. The lowest BCUT2D eigenvalue weighted by Gasteiger charge is -2.26. The van der Waals surface area contributed by atoms with E-state index in [1.807, 2.05) is 0 Å². The van der Waals surface area contributed by atoms with Crippen molar-refractivity contribution in [2.45, 2.75) is 37.0 Å². The zero-order chi connectivity index (χ0) is 14.8. The van der Waals surface area contributed by atoms with E-state index in [0.29, 0.717) is 12.5 Å². The number of nitrogens with two attached hydrogens (primary N) is 1. The largest absolute Gasteiger partial charge is 0.399 e. The van der Waals surface area contributed by atoms with Crippen molar-refractivity contribution < 1.29 is 12.8 Å². The van der Waals surface area contributed by atoms with Crippen molar-refractivity contribution in [2.24, 2.45) is 5.92 Å². The maximum Gasteiger partial charge on any atom is 0.245 e. The van der Waals surface area contributed by atoms with Crippen LogP contribution in [0.1, 0.15) is 32.1 Å². The molecule has 0 saturated heterocycles. The SMILES string of the molecule is CN(CC1CCCCC1)S(=O)(=O)c1ccc(N)cc1F. The number of benzene rings is 1. The van der Waals surface area contributed by atoms with E-state index in [9.17, 15) is 12.8 Å². The smallest absolute Gasteiger partial charge is 0.245 e. The van der Waals surface area contributed by atoms with Crippen LogP contribution in [0.2, 0.25) is 0 Å². The molecule has 1 aromatic carbocycles. The molecule has 112 valence electrons. The second-order valence-electron chi connectivity index (χ2n) is 5.48. The molecular weight excluding hydrogens is 279 g/mol. The minimum absolute atomic E-state index is 0.219. The van der Waals surface area contributed by atoms with E-state index in [2.05, 4.69) is 0 Å².